The molecule has 3 heterocycles. The van der Waals surface area contributed by atoms with E-state index in [1.165, 1.54) is 25.4 Å². The summed E-state index contributed by atoms with van der Waals surface area (Å²) in [7, 11) is 1.50. The van der Waals surface area contributed by atoms with Crippen molar-refractivity contribution >= 4 is 23.7 Å². The first-order chi connectivity index (χ1) is 15.1. The number of imide groups is 1. The maximum Gasteiger partial charge on any atom is 0.329 e. The lowest BCUT2D eigenvalue weighted by Crippen LogP contribution is -2.52. The highest BCUT2D eigenvalue weighted by Crippen LogP contribution is 2.57. The number of halogens is 2. The summed E-state index contributed by atoms with van der Waals surface area (Å²) in [5.74, 6) is -2.80. The average molecular weight is 445 g/mol. The molecule has 9 nitrogen and oxygen atoms in total. The Morgan fingerprint density at radius 3 is 2.62 bits per heavy atom. The smallest absolute Gasteiger partial charge is 0.329 e. The largest absolute Gasteiger partial charge is 0.455 e. The Balaban J connectivity index is 1.41. The number of nitrogens with one attached hydrogen (secondary N) is 2. The molecule has 0 bridgehead atoms. The molecule has 32 heavy (non-hydrogen) atoms. The highest BCUT2D eigenvalue weighted by atomic mass is 19.3. The van der Waals surface area contributed by atoms with Gasteiger partial charge in [0.25, 0.3) is 5.91 Å². The molecule has 168 valence electrons. The summed E-state index contributed by atoms with van der Waals surface area (Å²) in [6, 6.07) is 5.44. The lowest BCUT2D eigenvalue weighted by Gasteiger charge is -2.42. The molecule has 1 spiro atoms. The number of carbonyl (C=O) groups is 3. The first-order valence-corrected chi connectivity index (χ1v) is 9.97. The maximum atomic E-state index is 13.3. The molecule has 4 rings (SSSR count). The second-order valence-electron chi connectivity index (χ2n) is 7.96. The van der Waals surface area contributed by atoms with Crippen LogP contribution in [0.15, 0.2) is 30.5 Å². The first-order valence-electron chi connectivity index (χ1n) is 9.97. The van der Waals surface area contributed by atoms with Crippen molar-refractivity contribution in [2.24, 2.45) is 5.41 Å². The number of nitrogens with zero attached hydrogens (tertiary/aromatic N) is 3. The van der Waals surface area contributed by atoms with Crippen LogP contribution >= 0.6 is 0 Å². The molecule has 1 saturated carbocycles. The average Bonchev–Trinajstić information content (AvgIpc) is 3.05. The number of amides is 4. The SMILES string of the molecule is CNC(=O)c1cc(Oc2ccc(NC(=O)N3CCC4(CC(F)(F)C4)C3=O)nc2C)ccn1. The molecule has 2 N–H and O–H groups in total. The summed E-state index contributed by atoms with van der Waals surface area (Å²) in [6.45, 7) is 1.76. The van der Waals surface area contributed by atoms with Crippen LogP contribution in [0.1, 0.15) is 35.4 Å². The molecule has 0 atom stereocenters. The van der Waals surface area contributed by atoms with Gasteiger partial charge in [0.05, 0.1) is 11.1 Å². The minimum Gasteiger partial charge on any atom is -0.455 e. The van der Waals surface area contributed by atoms with E-state index in [1.807, 2.05) is 0 Å². The van der Waals surface area contributed by atoms with E-state index >= 15 is 0 Å². The summed E-state index contributed by atoms with van der Waals surface area (Å²) < 4.78 is 32.3. The quantitative estimate of drug-likeness (QED) is 0.748. The predicted molar refractivity (Wildman–Crippen MR) is 109 cm³/mol. The highest BCUT2D eigenvalue weighted by molar-refractivity contribution is 6.04. The number of rotatable bonds is 4. The van der Waals surface area contributed by atoms with E-state index in [4.69, 9.17) is 4.74 Å². The monoisotopic (exact) mass is 445 g/mol. The van der Waals surface area contributed by atoms with E-state index in [0.717, 1.165) is 4.90 Å². The second kappa shape index (κ2) is 7.81. The van der Waals surface area contributed by atoms with Gasteiger partial charge in [-0.15, -0.1) is 0 Å². The Morgan fingerprint density at radius 2 is 1.97 bits per heavy atom. The van der Waals surface area contributed by atoms with E-state index in [1.54, 1.807) is 19.1 Å². The predicted octanol–water partition coefficient (Wildman–Crippen LogP) is 3.12. The van der Waals surface area contributed by atoms with Gasteiger partial charge in [-0.3, -0.25) is 24.8 Å². The highest BCUT2D eigenvalue weighted by Gasteiger charge is 2.64. The van der Waals surface area contributed by atoms with Crippen molar-refractivity contribution in [1.82, 2.24) is 20.2 Å². The number of hydrogen-bond donors (Lipinski definition) is 2. The van der Waals surface area contributed by atoms with Gasteiger partial charge in [0, 0.05) is 38.7 Å². The third kappa shape index (κ3) is 3.97. The lowest BCUT2D eigenvalue weighted by atomic mass is 9.65. The number of alkyl halides is 2. The second-order valence-corrected chi connectivity index (χ2v) is 7.96. The summed E-state index contributed by atoms with van der Waals surface area (Å²) in [5, 5.41) is 5.01. The molecule has 2 aromatic heterocycles. The molecule has 11 heteroatoms. The molecule has 1 aliphatic heterocycles. The Labute approximate surface area is 182 Å². The van der Waals surface area contributed by atoms with E-state index in [2.05, 4.69) is 20.6 Å². The van der Waals surface area contributed by atoms with Crippen LogP contribution < -0.4 is 15.4 Å². The van der Waals surface area contributed by atoms with Crippen molar-refractivity contribution in [3.63, 3.8) is 0 Å². The Hall–Kier alpha value is -3.63. The van der Waals surface area contributed by atoms with Gasteiger partial charge in [-0.25, -0.2) is 18.6 Å². The van der Waals surface area contributed by atoms with Gasteiger partial charge in [-0.05, 0) is 31.5 Å². The van der Waals surface area contributed by atoms with E-state index in [-0.39, 0.29) is 30.4 Å². The fourth-order valence-electron chi connectivity index (χ4n) is 4.04. The number of pyridine rings is 2. The van der Waals surface area contributed by atoms with Gasteiger partial charge in [0.1, 0.15) is 23.0 Å². The van der Waals surface area contributed by atoms with Crippen LogP contribution in [-0.2, 0) is 4.79 Å². The zero-order chi connectivity index (χ0) is 23.1. The minimum atomic E-state index is -2.84. The summed E-state index contributed by atoms with van der Waals surface area (Å²) >= 11 is 0. The fourth-order valence-corrected chi connectivity index (χ4v) is 4.04. The number of hydrogen-bond acceptors (Lipinski definition) is 6. The minimum absolute atomic E-state index is 0.0939. The lowest BCUT2D eigenvalue weighted by molar-refractivity contribution is -0.176. The molecule has 1 aliphatic carbocycles. The fraction of sp³-hybridized carbons (Fsp3) is 0.381. The van der Waals surface area contributed by atoms with Crippen LogP contribution in [0.4, 0.5) is 19.4 Å². The van der Waals surface area contributed by atoms with Crippen molar-refractivity contribution in [1.29, 1.82) is 0 Å². The summed E-state index contributed by atoms with van der Waals surface area (Å²) in [4.78, 5) is 45.9. The Morgan fingerprint density at radius 1 is 1.22 bits per heavy atom. The Kier molecular flexibility index (Phi) is 5.27. The van der Waals surface area contributed by atoms with E-state index in [9.17, 15) is 23.2 Å². The normalized spacial score (nSPS) is 18.2. The van der Waals surface area contributed by atoms with Crippen molar-refractivity contribution in [3.05, 3.63) is 41.9 Å². The van der Waals surface area contributed by atoms with Crippen molar-refractivity contribution in [2.75, 3.05) is 18.9 Å². The number of anilines is 1. The number of carbonyl (C=O) groups excluding carboxylic acids is 3. The molecule has 2 aromatic rings. The first kappa shape index (κ1) is 21.6. The molecule has 1 saturated heterocycles. The van der Waals surface area contributed by atoms with Crippen molar-refractivity contribution in [2.45, 2.75) is 32.1 Å². The summed E-state index contributed by atoms with van der Waals surface area (Å²) in [6.07, 6.45) is 0.651. The number of likely N-dealkylation sites (tertiary alicyclic amines) is 1. The van der Waals surface area contributed by atoms with Gasteiger partial charge < -0.3 is 10.1 Å². The number of aryl methyl sites for hydroxylation is 1. The molecular weight excluding hydrogens is 424 g/mol. The molecule has 2 fully saturated rings. The number of aromatic nitrogens is 2. The molecule has 4 amide bonds. The van der Waals surface area contributed by atoms with Crippen LogP contribution in [0.2, 0.25) is 0 Å². The van der Waals surface area contributed by atoms with Crippen LogP contribution in [0, 0.1) is 12.3 Å². The van der Waals surface area contributed by atoms with Gasteiger partial charge in [0.15, 0.2) is 0 Å². The molecule has 0 unspecified atom stereocenters. The third-order valence-electron chi connectivity index (χ3n) is 5.64. The van der Waals surface area contributed by atoms with Gasteiger partial charge in [-0.1, -0.05) is 0 Å². The molecule has 2 aliphatic rings. The van der Waals surface area contributed by atoms with E-state index in [0.29, 0.717) is 17.2 Å². The summed E-state index contributed by atoms with van der Waals surface area (Å²) in [5.41, 5.74) is -0.485. The Bertz CT molecular complexity index is 1100. The van der Waals surface area contributed by atoms with E-state index < -0.39 is 36.1 Å². The number of urea groups is 1. The van der Waals surface area contributed by atoms with Crippen molar-refractivity contribution < 1.29 is 27.9 Å². The van der Waals surface area contributed by atoms with Gasteiger partial charge in [0.2, 0.25) is 11.8 Å². The van der Waals surface area contributed by atoms with Crippen LogP contribution in [0.5, 0.6) is 11.5 Å². The van der Waals surface area contributed by atoms with Crippen molar-refractivity contribution in [3.8, 4) is 11.5 Å². The molecular formula is C21H21F2N5O4. The van der Waals surface area contributed by atoms with Crippen LogP contribution in [-0.4, -0.2) is 52.2 Å². The number of ether oxygens (including phenoxy) is 1. The van der Waals surface area contributed by atoms with Gasteiger partial charge >= 0.3 is 6.03 Å². The maximum absolute atomic E-state index is 13.3. The third-order valence-corrected chi connectivity index (χ3v) is 5.64. The molecule has 0 radical (unpaired) electrons. The van der Waals surface area contributed by atoms with Gasteiger partial charge in [-0.2, -0.15) is 0 Å². The molecule has 0 aromatic carbocycles. The van der Waals surface area contributed by atoms with Crippen LogP contribution in [0.25, 0.3) is 0 Å². The zero-order valence-corrected chi connectivity index (χ0v) is 17.4. The zero-order valence-electron chi connectivity index (χ0n) is 17.4. The topological polar surface area (TPSA) is 114 Å². The standard InChI is InChI=1S/C21H21F2N5O4/c1-12-15(32-13-5-7-25-14(9-13)17(29)24-2)3-4-16(26-12)27-19(31)28-8-6-20(18(28)30)10-21(22,23)11-20/h3-5,7,9H,6,8,10-11H2,1-2H3,(H,24,29)(H,26,27,31). The van der Waals surface area contributed by atoms with Crippen LogP contribution in [0.3, 0.4) is 0 Å².